The van der Waals surface area contributed by atoms with E-state index in [9.17, 15) is 0 Å². The van der Waals surface area contributed by atoms with E-state index in [1.165, 1.54) is 0 Å². The van der Waals surface area contributed by atoms with E-state index in [-0.39, 0.29) is 0 Å². The minimum atomic E-state index is 0.341. The zero-order chi connectivity index (χ0) is 6.69. The molecule has 1 rings (SSSR count). The molecule has 2 nitrogen and oxygen atoms in total. The maximum absolute atomic E-state index is 8.62. The van der Waals surface area contributed by atoms with E-state index in [0.717, 1.165) is 19.6 Å². The molecule has 0 spiro atoms. The molecule has 0 amide bonds. The molecule has 0 atom stereocenters. The van der Waals surface area contributed by atoms with Crippen LogP contribution in [0.1, 0.15) is 0 Å². The van der Waals surface area contributed by atoms with Gasteiger partial charge in [-0.3, -0.25) is 4.90 Å². The third-order valence-electron chi connectivity index (χ3n) is 1.68. The van der Waals surface area contributed by atoms with Crippen LogP contribution >= 0.6 is 0 Å². The van der Waals surface area contributed by atoms with Crippen molar-refractivity contribution < 1.29 is 5.11 Å². The summed E-state index contributed by atoms with van der Waals surface area (Å²) in [5.74, 6) is 0.532. The minimum Gasteiger partial charge on any atom is -0.396 e. The van der Waals surface area contributed by atoms with Crippen molar-refractivity contribution in [1.29, 1.82) is 0 Å². The van der Waals surface area contributed by atoms with Gasteiger partial charge in [0.2, 0.25) is 0 Å². The lowest BCUT2D eigenvalue weighted by molar-refractivity contribution is 0.0639. The summed E-state index contributed by atoms with van der Waals surface area (Å²) in [4.78, 5) is 2.26. The van der Waals surface area contributed by atoms with Crippen LogP contribution < -0.4 is 0 Å². The lowest BCUT2D eigenvalue weighted by atomic mass is 10.0. The van der Waals surface area contributed by atoms with Gasteiger partial charge in [0.15, 0.2) is 0 Å². The summed E-state index contributed by atoms with van der Waals surface area (Å²) in [5, 5.41) is 8.62. The first kappa shape index (κ1) is 6.78. The SMILES string of the molecule is C=CCN1CC(CO)C1. The van der Waals surface area contributed by atoms with Crippen molar-refractivity contribution >= 4 is 0 Å². The maximum Gasteiger partial charge on any atom is 0.0483 e. The van der Waals surface area contributed by atoms with Crippen molar-refractivity contribution in [2.45, 2.75) is 0 Å². The number of hydrogen-bond acceptors (Lipinski definition) is 2. The van der Waals surface area contributed by atoms with E-state index in [2.05, 4.69) is 11.5 Å². The largest absolute Gasteiger partial charge is 0.396 e. The average Bonchev–Trinajstić information content (AvgIpc) is 1.77. The number of aliphatic hydroxyl groups excluding tert-OH is 1. The van der Waals surface area contributed by atoms with Crippen molar-refractivity contribution in [3.8, 4) is 0 Å². The summed E-state index contributed by atoms with van der Waals surface area (Å²) in [6.07, 6.45) is 1.90. The first-order valence-corrected chi connectivity index (χ1v) is 3.31. The molecule has 0 aliphatic carbocycles. The maximum atomic E-state index is 8.62. The van der Waals surface area contributed by atoms with Crippen molar-refractivity contribution in [2.24, 2.45) is 5.92 Å². The predicted molar refractivity (Wildman–Crippen MR) is 37.2 cm³/mol. The fraction of sp³-hybridized carbons (Fsp3) is 0.714. The summed E-state index contributed by atoms with van der Waals surface area (Å²) in [6.45, 7) is 7.03. The van der Waals surface area contributed by atoms with Gasteiger partial charge in [0.25, 0.3) is 0 Å². The van der Waals surface area contributed by atoms with Gasteiger partial charge in [0.05, 0.1) is 0 Å². The molecule has 1 aliphatic rings. The molecule has 0 saturated carbocycles. The van der Waals surface area contributed by atoms with Crippen LogP contribution in [0.25, 0.3) is 0 Å². The zero-order valence-corrected chi connectivity index (χ0v) is 5.58. The smallest absolute Gasteiger partial charge is 0.0483 e. The van der Waals surface area contributed by atoms with Crippen LogP contribution in [0, 0.1) is 5.92 Å². The van der Waals surface area contributed by atoms with Crippen LogP contribution in [-0.2, 0) is 0 Å². The Morgan fingerprint density at radius 1 is 1.67 bits per heavy atom. The van der Waals surface area contributed by atoms with Crippen molar-refractivity contribution in [3.05, 3.63) is 12.7 Å². The van der Waals surface area contributed by atoms with E-state index < -0.39 is 0 Å². The van der Waals surface area contributed by atoms with Crippen LogP contribution in [0.3, 0.4) is 0 Å². The van der Waals surface area contributed by atoms with Crippen molar-refractivity contribution in [3.63, 3.8) is 0 Å². The van der Waals surface area contributed by atoms with Crippen LogP contribution in [-0.4, -0.2) is 36.2 Å². The average molecular weight is 127 g/mol. The van der Waals surface area contributed by atoms with Crippen molar-refractivity contribution in [2.75, 3.05) is 26.2 Å². The predicted octanol–water partition coefficient (Wildman–Crippen LogP) is 0.0965. The second-order valence-electron chi connectivity index (χ2n) is 2.56. The molecule has 52 valence electrons. The Balaban J connectivity index is 2.04. The van der Waals surface area contributed by atoms with E-state index in [1.807, 2.05) is 6.08 Å². The van der Waals surface area contributed by atoms with Gasteiger partial charge >= 0.3 is 0 Å². The molecule has 9 heavy (non-hydrogen) atoms. The molecule has 0 radical (unpaired) electrons. The summed E-state index contributed by atoms with van der Waals surface area (Å²) < 4.78 is 0. The lowest BCUT2D eigenvalue weighted by Crippen LogP contribution is -2.47. The minimum absolute atomic E-state index is 0.341. The molecule has 1 N–H and O–H groups in total. The van der Waals surface area contributed by atoms with Gasteiger partial charge in [0.1, 0.15) is 0 Å². The second kappa shape index (κ2) is 2.99. The van der Waals surface area contributed by atoms with Gasteiger partial charge < -0.3 is 5.11 Å². The van der Waals surface area contributed by atoms with E-state index in [0.29, 0.717) is 12.5 Å². The van der Waals surface area contributed by atoms with Gasteiger partial charge in [-0.25, -0.2) is 0 Å². The van der Waals surface area contributed by atoms with Gasteiger partial charge in [-0.05, 0) is 0 Å². The fourth-order valence-electron chi connectivity index (χ4n) is 1.12. The highest BCUT2D eigenvalue weighted by molar-refractivity contribution is 4.84. The molecule has 1 saturated heterocycles. The lowest BCUT2D eigenvalue weighted by Gasteiger charge is -2.37. The highest BCUT2D eigenvalue weighted by Crippen LogP contribution is 2.12. The molecule has 0 unspecified atom stereocenters. The molecule has 0 aromatic carbocycles. The van der Waals surface area contributed by atoms with E-state index in [1.54, 1.807) is 0 Å². The fourth-order valence-corrected chi connectivity index (χ4v) is 1.12. The van der Waals surface area contributed by atoms with Crippen molar-refractivity contribution in [1.82, 2.24) is 4.90 Å². The number of nitrogens with zero attached hydrogens (tertiary/aromatic N) is 1. The van der Waals surface area contributed by atoms with Crippen LogP contribution in [0.5, 0.6) is 0 Å². The Bertz CT molecular complexity index is 97.1. The molecular formula is C7H13NO. The highest BCUT2D eigenvalue weighted by Gasteiger charge is 2.23. The molecule has 2 heteroatoms. The molecule has 0 aromatic heterocycles. The van der Waals surface area contributed by atoms with Crippen LogP contribution in [0.2, 0.25) is 0 Å². The van der Waals surface area contributed by atoms with Crippen LogP contribution in [0.4, 0.5) is 0 Å². The summed E-state index contributed by atoms with van der Waals surface area (Å²) in [7, 11) is 0. The molecule has 0 aromatic rings. The zero-order valence-electron chi connectivity index (χ0n) is 5.58. The Morgan fingerprint density at radius 3 is 2.78 bits per heavy atom. The Labute approximate surface area is 55.8 Å². The van der Waals surface area contributed by atoms with Gasteiger partial charge in [-0.1, -0.05) is 6.08 Å². The normalized spacial score (nSPS) is 21.4. The highest BCUT2D eigenvalue weighted by atomic mass is 16.3. The molecule has 0 bridgehead atoms. The first-order chi connectivity index (χ1) is 4.36. The van der Waals surface area contributed by atoms with Gasteiger partial charge in [-0.15, -0.1) is 6.58 Å². The quantitative estimate of drug-likeness (QED) is 0.543. The second-order valence-corrected chi connectivity index (χ2v) is 2.56. The topological polar surface area (TPSA) is 23.5 Å². The Morgan fingerprint density at radius 2 is 2.33 bits per heavy atom. The van der Waals surface area contributed by atoms with Gasteiger partial charge in [0, 0.05) is 32.2 Å². The molecular weight excluding hydrogens is 114 g/mol. The van der Waals surface area contributed by atoms with E-state index in [4.69, 9.17) is 5.11 Å². The molecule has 1 heterocycles. The number of aliphatic hydroxyl groups is 1. The molecule has 1 fully saturated rings. The first-order valence-electron chi connectivity index (χ1n) is 3.31. The summed E-state index contributed by atoms with van der Waals surface area (Å²) in [6, 6.07) is 0. The summed E-state index contributed by atoms with van der Waals surface area (Å²) in [5.41, 5.74) is 0. The van der Waals surface area contributed by atoms with Gasteiger partial charge in [-0.2, -0.15) is 0 Å². The standard InChI is InChI=1S/C7H13NO/c1-2-3-8-4-7(5-8)6-9/h2,7,9H,1,3-6H2. The summed E-state index contributed by atoms with van der Waals surface area (Å²) >= 11 is 0. The Hall–Kier alpha value is -0.340. The Kier molecular flexibility index (Phi) is 2.25. The third-order valence-corrected chi connectivity index (χ3v) is 1.68. The number of hydrogen-bond donors (Lipinski definition) is 1. The monoisotopic (exact) mass is 127 g/mol. The van der Waals surface area contributed by atoms with E-state index >= 15 is 0 Å². The number of likely N-dealkylation sites (tertiary alicyclic amines) is 1. The van der Waals surface area contributed by atoms with Crippen LogP contribution in [0.15, 0.2) is 12.7 Å². The third kappa shape index (κ3) is 1.53. The molecule has 1 aliphatic heterocycles. The number of rotatable bonds is 3.